The third-order valence-electron chi connectivity index (χ3n) is 4.02. The van der Waals surface area contributed by atoms with Gasteiger partial charge in [0.05, 0.1) is 5.92 Å². The monoisotopic (exact) mass is 271 g/mol. The van der Waals surface area contributed by atoms with Crippen LogP contribution < -0.4 is 0 Å². The van der Waals surface area contributed by atoms with E-state index in [9.17, 15) is 9.59 Å². The number of amides is 1. The number of carbonyl (C=O) groups is 2. The molecule has 3 unspecified atom stereocenters. The van der Waals surface area contributed by atoms with Crippen molar-refractivity contribution in [3.05, 3.63) is 0 Å². The number of hydrogen-bond acceptors (Lipinski definition) is 3. The molecule has 0 aromatic carbocycles. The number of rotatable bonds is 2. The highest BCUT2D eigenvalue weighted by atomic mass is 32.2. The van der Waals surface area contributed by atoms with Gasteiger partial charge in [-0.15, -0.1) is 0 Å². The SMILES string of the molecule is CC1CSCCN1C(=O)C1CCCC(C(=O)O)C1. The predicted octanol–water partition coefficient (Wildman–Crippen LogP) is 1.84. The Kier molecular flexibility index (Phi) is 4.54. The van der Waals surface area contributed by atoms with E-state index in [0.29, 0.717) is 12.5 Å². The molecule has 2 rings (SSSR count). The van der Waals surface area contributed by atoms with Crippen LogP contribution in [0, 0.1) is 11.8 Å². The first kappa shape index (κ1) is 13.7. The van der Waals surface area contributed by atoms with E-state index in [-0.39, 0.29) is 17.7 Å². The normalized spacial score (nSPS) is 33.2. The molecule has 2 aliphatic rings. The van der Waals surface area contributed by atoms with Gasteiger partial charge in [-0.3, -0.25) is 9.59 Å². The van der Waals surface area contributed by atoms with Crippen molar-refractivity contribution in [1.29, 1.82) is 0 Å². The molecule has 102 valence electrons. The molecule has 1 N–H and O–H groups in total. The van der Waals surface area contributed by atoms with E-state index < -0.39 is 5.97 Å². The molecule has 3 atom stereocenters. The highest BCUT2D eigenvalue weighted by molar-refractivity contribution is 7.99. The van der Waals surface area contributed by atoms with Crippen molar-refractivity contribution in [1.82, 2.24) is 4.90 Å². The van der Waals surface area contributed by atoms with Gasteiger partial charge in [0.2, 0.25) is 5.91 Å². The molecule has 18 heavy (non-hydrogen) atoms. The molecule has 4 nitrogen and oxygen atoms in total. The standard InChI is InChI=1S/C13H21NO3S/c1-9-8-18-6-5-14(9)12(15)10-3-2-4-11(7-10)13(16)17/h9-11H,2-8H2,1H3,(H,16,17). The van der Waals surface area contributed by atoms with E-state index in [1.807, 2.05) is 16.7 Å². The molecule has 0 radical (unpaired) electrons. The maximum absolute atomic E-state index is 12.5. The van der Waals surface area contributed by atoms with E-state index in [2.05, 4.69) is 6.92 Å². The van der Waals surface area contributed by atoms with Gasteiger partial charge in [0.1, 0.15) is 0 Å². The van der Waals surface area contributed by atoms with Gasteiger partial charge in [-0.05, 0) is 26.2 Å². The zero-order valence-corrected chi connectivity index (χ0v) is 11.6. The van der Waals surface area contributed by atoms with Gasteiger partial charge in [0, 0.05) is 30.0 Å². The summed E-state index contributed by atoms with van der Waals surface area (Å²) in [4.78, 5) is 25.5. The van der Waals surface area contributed by atoms with Crippen LogP contribution in [0.15, 0.2) is 0 Å². The molecule has 0 aromatic heterocycles. The fraction of sp³-hybridized carbons (Fsp3) is 0.846. The lowest BCUT2D eigenvalue weighted by atomic mass is 9.80. The first-order chi connectivity index (χ1) is 8.59. The lowest BCUT2D eigenvalue weighted by Crippen LogP contribution is -2.48. The molecule has 1 aliphatic heterocycles. The predicted molar refractivity (Wildman–Crippen MR) is 71.6 cm³/mol. The number of carboxylic acid groups (broad SMARTS) is 1. The van der Waals surface area contributed by atoms with E-state index in [4.69, 9.17) is 5.11 Å². The number of carboxylic acids is 1. The summed E-state index contributed by atoms with van der Waals surface area (Å²) in [5.74, 6) is 1.07. The van der Waals surface area contributed by atoms with Gasteiger partial charge in [0.15, 0.2) is 0 Å². The van der Waals surface area contributed by atoms with Crippen LogP contribution in [0.25, 0.3) is 0 Å². The van der Waals surface area contributed by atoms with E-state index in [1.54, 1.807) is 0 Å². The Morgan fingerprint density at radius 1 is 1.28 bits per heavy atom. The van der Waals surface area contributed by atoms with Crippen molar-refractivity contribution in [2.24, 2.45) is 11.8 Å². The molecular formula is C13H21NO3S. The van der Waals surface area contributed by atoms with Crippen molar-refractivity contribution in [2.75, 3.05) is 18.1 Å². The van der Waals surface area contributed by atoms with Gasteiger partial charge in [0.25, 0.3) is 0 Å². The Balaban J connectivity index is 1.97. The molecule has 0 aromatic rings. The first-order valence-corrected chi connectivity index (χ1v) is 7.86. The van der Waals surface area contributed by atoms with E-state index >= 15 is 0 Å². The Labute approximate surface area is 112 Å². The van der Waals surface area contributed by atoms with Crippen molar-refractivity contribution in [3.8, 4) is 0 Å². The van der Waals surface area contributed by atoms with Crippen LogP contribution >= 0.6 is 11.8 Å². The third-order valence-corrected chi connectivity index (χ3v) is 5.21. The zero-order valence-electron chi connectivity index (χ0n) is 10.8. The molecule has 1 saturated heterocycles. The third kappa shape index (κ3) is 2.99. The number of carbonyl (C=O) groups excluding carboxylic acids is 1. The van der Waals surface area contributed by atoms with Crippen molar-refractivity contribution >= 4 is 23.6 Å². The summed E-state index contributed by atoms with van der Waals surface area (Å²) < 4.78 is 0. The molecule has 0 bridgehead atoms. The average molecular weight is 271 g/mol. The molecule has 2 fully saturated rings. The van der Waals surface area contributed by atoms with Crippen molar-refractivity contribution in [2.45, 2.75) is 38.6 Å². The molecule has 1 aliphatic carbocycles. The van der Waals surface area contributed by atoms with Crippen molar-refractivity contribution < 1.29 is 14.7 Å². The van der Waals surface area contributed by atoms with Gasteiger partial charge in [-0.25, -0.2) is 0 Å². The summed E-state index contributed by atoms with van der Waals surface area (Å²) in [7, 11) is 0. The zero-order chi connectivity index (χ0) is 13.1. The fourth-order valence-corrected chi connectivity index (χ4v) is 3.94. The van der Waals surface area contributed by atoms with Crippen LogP contribution in [0.2, 0.25) is 0 Å². The highest BCUT2D eigenvalue weighted by Gasteiger charge is 2.35. The van der Waals surface area contributed by atoms with Crippen LogP contribution in [0.3, 0.4) is 0 Å². The largest absolute Gasteiger partial charge is 0.481 e. The molecule has 1 saturated carbocycles. The summed E-state index contributed by atoms with van der Waals surface area (Å²) in [5, 5.41) is 9.07. The van der Waals surface area contributed by atoms with Crippen molar-refractivity contribution in [3.63, 3.8) is 0 Å². The Morgan fingerprint density at radius 3 is 2.67 bits per heavy atom. The van der Waals surface area contributed by atoms with Crippen LogP contribution in [0.1, 0.15) is 32.6 Å². The molecule has 5 heteroatoms. The molecule has 1 heterocycles. The Morgan fingerprint density at radius 2 is 2.00 bits per heavy atom. The minimum atomic E-state index is -0.741. The van der Waals surface area contributed by atoms with E-state index in [1.165, 1.54) is 0 Å². The van der Waals surface area contributed by atoms with Gasteiger partial charge < -0.3 is 10.0 Å². The van der Waals surface area contributed by atoms with Gasteiger partial charge in [-0.1, -0.05) is 6.42 Å². The fourth-order valence-electron chi connectivity index (χ4n) is 2.93. The maximum Gasteiger partial charge on any atom is 0.306 e. The minimum Gasteiger partial charge on any atom is -0.481 e. The average Bonchev–Trinajstić information content (AvgIpc) is 2.38. The first-order valence-electron chi connectivity index (χ1n) is 6.70. The second-order valence-electron chi connectivity index (χ2n) is 5.35. The minimum absolute atomic E-state index is 0.0644. The molecule has 1 amide bonds. The lowest BCUT2D eigenvalue weighted by molar-refractivity contribution is -0.145. The smallest absolute Gasteiger partial charge is 0.306 e. The maximum atomic E-state index is 12.5. The highest BCUT2D eigenvalue weighted by Crippen LogP contribution is 2.31. The van der Waals surface area contributed by atoms with Gasteiger partial charge >= 0.3 is 5.97 Å². The molecular weight excluding hydrogens is 250 g/mol. The van der Waals surface area contributed by atoms with Crippen LogP contribution in [0.4, 0.5) is 0 Å². The van der Waals surface area contributed by atoms with Crippen LogP contribution in [-0.2, 0) is 9.59 Å². The topological polar surface area (TPSA) is 57.6 Å². The quantitative estimate of drug-likeness (QED) is 0.832. The number of hydrogen-bond donors (Lipinski definition) is 1. The second kappa shape index (κ2) is 5.95. The number of aliphatic carboxylic acids is 1. The van der Waals surface area contributed by atoms with Gasteiger partial charge in [-0.2, -0.15) is 11.8 Å². The number of nitrogens with zero attached hydrogens (tertiary/aromatic N) is 1. The summed E-state index contributed by atoms with van der Waals surface area (Å²) >= 11 is 1.89. The van der Waals surface area contributed by atoms with Crippen LogP contribution in [0.5, 0.6) is 0 Å². The molecule has 0 spiro atoms. The second-order valence-corrected chi connectivity index (χ2v) is 6.50. The Hall–Kier alpha value is -0.710. The summed E-state index contributed by atoms with van der Waals surface area (Å²) in [6.07, 6.45) is 2.98. The Bertz CT molecular complexity index is 334. The summed E-state index contributed by atoms with van der Waals surface area (Å²) in [6, 6.07) is 0.293. The van der Waals surface area contributed by atoms with E-state index in [0.717, 1.165) is 37.3 Å². The number of thioether (sulfide) groups is 1. The lowest BCUT2D eigenvalue weighted by Gasteiger charge is -2.37. The summed E-state index contributed by atoms with van der Waals surface area (Å²) in [6.45, 7) is 2.90. The van der Waals surface area contributed by atoms with Crippen LogP contribution in [-0.4, -0.2) is 46.0 Å². The summed E-state index contributed by atoms with van der Waals surface area (Å²) in [5.41, 5.74) is 0.